The number of carbonyl (C=O) groups excluding carboxylic acids is 2. The van der Waals surface area contributed by atoms with E-state index < -0.39 is 29.9 Å². The number of ether oxygens (including phenoxy) is 2. The first kappa shape index (κ1) is 15.9. The van der Waals surface area contributed by atoms with Gasteiger partial charge in [-0.2, -0.15) is 10.3 Å². The van der Waals surface area contributed by atoms with Crippen LogP contribution in [0.25, 0.3) is 0 Å². The number of hydrogen-bond acceptors (Lipinski definition) is 7. The topological polar surface area (TPSA) is 99.9 Å². The third kappa shape index (κ3) is 2.79. The van der Waals surface area contributed by atoms with Gasteiger partial charge in [-0.05, 0) is 24.1 Å². The van der Waals surface area contributed by atoms with Gasteiger partial charge in [-0.25, -0.2) is 0 Å². The van der Waals surface area contributed by atoms with Crippen LogP contribution in [0.3, 0.4) is 0 Å². The molecule has 1 aromatic rings. The molecule has 0 amide bonds. The molecule has 7 nitrogen and oxygen atoms in total. The Kier molecular flexibility index (Phi) is 4.75. The second-order valence-corrected chi connectivity index (χ2v) is 4.96. The first-order chi connectivity index (χ1) is 10.5. The molecule has 1 aliphatic heterocycles. The highest BCUT2D eigenvalue weighted by atomic mass is 16.5. The number of nitriles is 1. The van der Waals surface area contributed by atoms with Crippen LogP contribution in [-0.4, -0.2) is 42.5 Å². The fourth-order valence-corrected chi connectivity index (χ4v) is 2.71. The molecule has 1 aromatic carbocycles. The summed E-state index contributed by atoms with van der Waals surface area (Å²) in [5.74, 6) is -1.83. The molecule has 0 radical (unpaired) electrons. The molecule has 1 N–H and O–H groups in total. The van der Waals surface area contributed by atoms with Crippen molar-refractivity contribution in [2.24, 2.45) is 5.92 Å². The first-order valence-electron chi connectivity index (χ1n) is 6.66. The van der Waals surface area contributed by atoms with E-state index in [1.54, 1.807) is 24.3 Å². The highest BCUT2D eigenvalue weighted by Crippen LogP contribution is 2.40. The zero-order chi connectivity index (χ0) is 16.3. The molecule has 0 spiro atoms. The Morgan fingerprint density at radius 1 is 1.23 bits per heavy atom. The van der Waals surface area contributed by atoms with Crippen molar-refractivity contribution in [3.8, 4) is 6.07 Å². The Hall–Kier alpha value is -2.43. The predicted octanol–water partition coefficient (Wildman–Crippen LogP) is 1.03. The van der Waals surface area contributed by atoms with Gasteiger partial charge in [0.2, 0.25) is 0 Å². The number of hydrogen-bond donors (Lipinski definition) is 1. The predicted molar refractivity (Wildman–Crippen MR) is 73.5 cm³/mol. The van der Waals surface area contributed by atoms with E-state index in [0.29, 0.717) is 11.1 Å². The fourth-order valence-electron chi connectivity index (χ4n) is 2.71. The van der Waals surface area contributed by atoms with E-state index in [1.807, 2.05) is 6.07 Å². The molecule has 0 aliphatic carbocycles. The van der Waals surface area contributed by atoms with Gasteiger partial charge in [0.25, 0.3) is 0 Å². The van der Waals surface area contributed by atoms with Crippen LogP contribution in [0.5, 0.6) is 0 Å². The van der Waals surface area contributed by atoms with Gasteiger partial charge in [0.05, 0.1) is 37.8 Å². The van der Waals surface area contributed by atoms with Crippen LogP contribution >= 0.6 is 0 Å². The molecule has 7 heteroatoms. The van der Waals surface area contributed by atoms with Gasteiger partial charge in [-0.3, -0.25) is 9.59 Å². The van der Waals surface area contributed by atoms with E-state index in [2.05, 4.69) is 4.74 Å². The normalized spacial score (nSPS) is 24.5. The molecule has 0 saturated carbocycles. The number of benzene rings is 1. The summed E-state index contributed by atoms with van der Waals surface area (Å²) in [7, 11) is 2.48. The summed E-state index contributed by atoms with van der Waals surface area (Å²) in [6.45, 7) is 0. The first-order valence-corrected chi connectivity index (χ1v) is 6.66. The lowest BCUT2D eigenvalue weighted by Gasteiger charge is -2.24. The quantitative estimate of drug-likeness (QED) is 0.832. The molecule has 3 atom stereocenters. The highest BCUT2D eigenvalue weighted by Gasteiger charge is 2.49. The largest absolute Gasteiger partial charge is 0.469 e. The van der Waals surface area contributed by atoms with Gasteiger partial charge in [0.1, 0.15) is 6.04 Å². The minimum Gasteiger partial charge on any atom is -0.469 e. The minimum atomic E-state index is -0.935. The number of methoxy groups -OCH3 is 2. The Morgan fingerprint density at radius 2 is 1.82 bits per heavy atom. The zero-order valence-corrected chi connectivity index (χ0v) is 12.2. The summed E-state index contributed by atoms with van der Waals surface area (Å²) in [5, 5.41) is 20.0. The molecule has 0 aromatic heterocycles. The van der Waals surface area contributed by atoms with Crippen LogP contribution < -0.4 is 0 Å². The molecule has 22 heavy (non-hydrogen) atoms. The molecule has 1 saturated heterocycles. The molecule has 0 bridgehead atoms. The van der Waals surface area contributed by atoms with Crippen molar-refractivity contribution in [1.29, 1.82) is 5.26 Å². The van der Waals surface area contributed by atoms with E-state index in [0.717, 1.165) is 5.06 Å². The monoisotopic (exact) mass is 304 g/mol. The van der Waals surface area contributed by atoms with Gasteiger partial charge < -0.3 is 14.7 Å². The van der Waals surface area contributed by atoms with E-state index >= 15 is 0 Å². The van der Waals surface area contributed by atoms with Gasteiger partial charge in [-0.1, -0.05) is 12.1 Å². The molecule has 1 heterocycles. The average molecular weight is 304 g/mol. The van der Waals surface area contributed by atoms with E-state index in [4.69, 9.17) is 10.00 Å². The summed E-state index contributed by atoms with van der Waals surface area (Å²) < 4.78 is 9.41. The lowest BCUT2D eigenvalue weighted by Crippen LogP contribution is -2.36. The van der Waals surface area contributed by atoms with Crippen molar-refractivity contribution in [2.45, 2.75) is 18.5 Å². The number of nitrogens with zero attached hydrogens (tertiary/aromatic N) is 2. The van der Waals surface area contributed by atoms with Crippen LogP contribution in [0, 0.1) is 17.2 Å². The maximum Gasteiger partial charge on any atom is 0.325 e. The number of carbonyl (C=O) groups is 2. The van der Waals surface area contributed by atoms with Gasteiger partial charge in [0.15, 0.2) is 0 Å². The second-order valence-electron chi connectivity index (χ2n) is 4.96. The highest BCUT2D eigenvalue weighted by molar-refractivity contribution is 5.80. The summed E-state index contributed by atoms with van der Waals surface area (Å²) in [6, 6.07) is 6.78. The maximum atomic E-state index is 12.0. The third-order valence-electron chi connectivity index (χ3n) is 3.82. The van der Waals surface area contributed by atoms with Crippen molar-refractivity contribution in [2.75, 3.05) is 14.2 Å². The molecule has 1 aliphatic rings. The van der Waals surface area contributed by atoms with Crippen molar-refractivity contribution in [3.63, 3.8) is 0 Å². The van der Waals surface area contributed by atoms with E-state index in [9.17, 15) is 14.8 Å². The van der Waals surface area contributed by atoms with Crippen molar-refractivity contribution in [3.05, 3.63) is 35.4 Å². The van der Waals surface area contributed by atoms with Gasteiger partial charge in [0, 0.05) is 0 Å². The number of hydroxylamine groups is 2. The lowest BCUT2D eigenvalue weighted by atomic mass is 9.93. The Morgan fingerprint density at radius 3 is 2.32 bits per heavy atom. The number of esters is 2. The van der Waals surface area contributed by atoms with Crippen molar-refractivity contribution in [1.82, 2.24) is 5.06 Å². The van der Waals surface area contributed by atoms with E-state index in [-0.39, 0.29) is 6.42 Å². The van der Waals surface area contributed by atoms with Crippen LogP contribution in [0.15, 0.2) is 24.3 Å². The molecule has 116 valence electrons. The average Bonchev–Trinajstić information content (AvgIpc) is 2.90. The fraction of sp³-hybridized carbons (Fsp3) is 0.400. The summed E-state index contributed by atoms with van der Waals surface area (Å²) in [5.41, 5.74) is 1.08. The van der Waals surface area contributed by atoms with Crippen LogP contribution in [-0.2, 0) is 19.1 Å². The SMILES string of the molecule is COC(=O)[C@H]1C[C@@H](C(=O)OC)N(O)[C@H]1c1ccc(C#N)cc1. The standard InChI is InChI=1S/C15H16N2O5/c1-21-14(18)11-7-12(15(19)22-2)17(20)13(11)10-5-3-9(8-16)4-6-10/h3-6,11-13,20H,7H2,1-2H3/t11-,12-,13-/m0/s1. The lowest BCUT2D eigenvalue weighted by molar-refractivity contribution is -0.177. The van der Waals surface area contributed by atoms with Crippen LogP contribution in [0.1, 0.15) is 23.6 Å². The van der Waals surface area contributed by atoms with Crippen molar-refractivity contribution >= 4 is 11.9 Å². The molecule has 0 unspecified atom stereocenters. The Bertz CT molecular complexity index is 607. The van der Waals surface area contributed by atoms with E-state index in [1.165, 1.54) is 14.2 Å². The molecule has 2 rings (SSSR count). The molecular formula is C15H16N2O5. The summed E-state index contributed by atoms with van der Waals surface area (Å²) in [6.07, 6.45) is 0.0977. The summed E-state index contributed by atoms with van der Waals surface area (Å²) in [4.78, 5) is 23.7. The van der Waals surface area contributed by atoms with Gasteiger partial charge >= 0.3 is 11.9 Å². The van der Waals surface area contributed by atoms with Crippen LogP contribution in [0.2, 0.25) is 0 Å². The van der Waals surface area contributed by atoms with Crippen molar-refractivity contribution < 1.29 is 24.3 Å². The smallest absolute Gasteiger partial charge is 0.325 e. The second kappa shape index (κ2) is 6.56. The molecule has 1 fully saturated rings. The Labute approximate surface area is 127 Å². The number of rotatable bonds is 3. The third-order valence-corrected chi connectivity index (χ3v) is 3.82. The molecular weight excluding hydrogens is 288 g/mol. The van der Waals surface area contributed by atoms with Crippen LogP contribution in [0.4, 0.5) is 0 Å². The minimum absolute atomic E-state index is 0.0977. The maximum absolute atomic E-state index is 12.0. The van der Waals surface area contributed by atoms with Gasteiger partial charge in [-0.15, -0.1) is 0 Å². The Balaban J connectivity index is 2.37. The zero-order valence-electron chi connectivity index (χ0n) is 12.2. The summed E-state index contributed by atoms with van der Waals surface area (Å²) >= 11 is 0.